The molecule has 0 radical (unpaired) electrons. The molecule has 0 spiro atoms. The number of piperazine rings is 1. The molecule has 2 aromatic heterocycles. The molecule has 1 saturated heterocycles. The summed E-state index contributed by atoms with van der Waals surface area (Å²) in [6.45, 7) is 10.3. The van der Waals surface area contributed by atoms with Gasteiger partial charge in [-0.15, -0.1) is 0 Å². The van der Waals surface area contributed by atoms with E-state index in [-0.39, 0.29) is 23.7 Å². The highest BCUT2D eigenvalue weighted by Gasteiger charge is 2.36. The van der Waals surface area contributed by atoms with Crippen molar-refractivity contribution in [3.8, 4) is 6.07 Å². The molecule has 0 amide bonds. The maximum absolute atomic E-state index is 12.9. The van der Waals surface area contributed by atoms with Crippen molar-refractivity contribution in [1.29, 1.82) is 5.26 Å². The lowest BCUT2D eigenvalue weighted by Gasteiger charge is -2.48. The van der Waals surface area contributed by atoms with Gasteiger partial charge in [-0.25, -0.2) is 4.98 Å². The van der Waals surface area contributed by atoms with Crippen molar-refractivity contribution in [3.63, 3.8) is 0 Å². The predicted molar refractivity (Wildman–Crippen MR) is 149 cm³/mol. The molecule has 4 aromatic rings. The Morgan fingerprint density at radius 1 is 0.892 bits per heavy atom. The van der Waals surface area contributed by atoms with Crippen LogP contribution in [0.5, 0.6) is 0 Å². The highest BCUT2D eigenvalue weighted by Crippen LogP contribution is 2.36. The van der Waals surface area contributed by atoms with Crippen LogP contribution in [0, 0.1) is 25.2 Å². The van der Waals surface area contributed by atoms with Gasteiger partial charge in [-0.2, -0.15) is 5.26 Å². The highest BCUT2D eigenvalue weighted by atomic mass is 16.1. The van der Waals surface area contributed by atoms with Gasteiger partial charge in [0.15, 0.2) is 0 Å². The van der Waals surface area contributed by atoms with E-state index in [0.717, 1.165) is 24.3 Å². The van der Waals surface area contributed by atoms with Gasteiger partial charge in [0.1, 0.15) is 17.3 Å². The number of fused-ring (bicyclic) bond motifs is 1. The van der Waals surface area contributed by atoms with E-state index in [9.17, 15) is 10.1 Å². The molecule has 0 aliphatic carbocycles. The zero-order valence-corrected chi connectivity index (χ0v) is 22.1. The third-order valence-corrected chi connectivity index (χ3v) is 7.64. The number of anilines is 1. The molecule has 3 heterocycles. The van der Waals surface area contributed by atoms with Crippen LogP contribution in [0.2, 0.25) is 0 Å². The zero-order chi connectivity index (χ0) is 26.3. The summed E-state index contributed by atoms with van der Waals surface area (Å²) in [4.78, 5) is 22.4. The second kappa shape index (κ2) is 9.84. The van der Waals surface area contributed by atoms with E-state index < -0.39 is 0 Å². The summed E-state index contributed by atoms with van der Waals surface area (Å²) in [5.74, 6) is 0. The number of aromatic nitrogens is 2. The normalized spacial score (nSPS) is 18.4. The Bertz CT molecular complexity index is 1490. The van der Waals surface area contributed by atoms with Gasteiger partial charge < -0.3 is 9.47 Å². The fraction of sp³-hybridized carbons (Fsp3) is 0.323. The van der Waals surface area contributed by atoms with E-state index >= 15 is 0 Å². The standard InChI is InChI=1S/C31H33N5O/c1-20-6-10-24(11-7-20)31(25-12-8-21(2)9-13-25)36-19-22(3)35(18-23(36)4)28-16-29(37)34(5)27-15-14-26(17-32)33-30(27)28/h6-16,22-23,31H,18-19H2,1-5H3/t22-,23+/m0/s1. The monoisotopic (exact) mass is 491 g/mol. The topological polar surface area (TPSA) is 65.2 Å². The number of nitriles is 1. The fourth-order valence-corrected chi connectivity index (χ4v) is 5.51. The van der Waals surface area contributed by atoms with E-state index in [2.05, 4.69) is 97.1 Å². The van der Waals surface area contributed by atoms with Gasteiger partial charge in [-0.3, -0.25) is 9.69 Å². The third kappa shape index (κ3) is 4.63. The maximum atomic E-state index is 12.9. The molecule has 1 aliphatic heterocycles. The van der Waals surface area contributed by atoms with Crippen LogP contribution in [-0.4, -0.2) is 39.6 Å². The van der Waals surface area contributed by atoms with Crippen molar-refractivity contribution in [3.05, 3.63) is 105 Å². The quantitative estimate of drug-likeness (QED) is 0.397. The zero-order valence-electron chi connectivity index (χ0n) is 22.1. The number of aryl methyl sites for hydroxylation is 3. The first-order chi connectivity index (χ1) is 17.8. The van der Waals surface area contributed by atoms with Gasteiger partial charge in [0, 0.05) is 38.3 Å². The predicted octanol–water partition coefficient (Wildman–Crippen LogP) is 5.11. The molecule has 2 aromatic carbocycles. The van der Waals surface area contributed by atoms with Crippen molar-refractivity contribution in [2.45, 2.75) is 45.8 Å². The minimum atomic E-state index is -0.0755. The molecule has 5 rings (SSSR count). The van der Waals surface area contributed by atoms with Crippen LogP contribution >= 0.6 is 0 Å². The van der Waals surface area contributed by atoms with Gasteiger partial charge >= 0.3 is 0 Å². The lowest BCUT2D eigenvalue weighted by atomic mass is 9.92. The Morgan fingerprint density at radius 2 is 1.49 bits per heavy atom. The van der Waals surface area contributed by atoms with E-state index in [1.165, 1.54) is 22.3 Å². The van der Waals surface area contributed by atoms with Crippen molar-refractivity contribution < 1.29 is 0 Å². The minimum absolute atomic E-state index is 0.0755. The molecule has 6 nitrogen and oxygen atoms in total. The SMILES string of the molecule is Cc1ccc(C(c2ccc(C)cc2)N2C[C@H](C)N(c3cc(=O)n(C)c4ccc(C#N)nc34)C[C@H]2C)cc1. The average molecular weight is 492 g/mol. The first kappa shape index (κ1) is 24.7. The summed E-state index contributed by atoms with van der Waals surface area (Å²) >= 11 is 0. The van der Waals surface area contributed by atoms with Crippen LogP contribution in [0.1, 0.15) is 47.8 Å². The first-order valence-corrected chi connectivity index (χ1v) is 12.8. The van der Waals surface area contributed by atoms with Crippen molar-refractivity contribution in [2.75, 3.05) is 18.0 Å². The Labute approximate surface area is 218 Å². The summed E-state index contributed by atoms with van der Waals surface area (Å²) in [6.07, 6.45) is 0. The van der Waals surface area contributed by atoms with E-state index in [4.69, 9.17) is 0 Å². The molecule has 1 fully saturated rings. The van der Waals surface area contributed by atoms with E-state index in [1.807, 2.05) is 6.07 Å². The number of pyridine rings is 2. The number of hydrogen-bond donors (Lipinski definition) is 0. The van der Waals surface area contributed by atoms with Crippen molar-refractivity contribution in [2.24, 2.45) is 7.05 Å². The molecule has 1 aliphatic rings. The molecule has 0 bridgehead atoms. The van der Waals surface area contributed by atoms with Crippen molar-refractivity contribution >= 4 is 16.7 Å². The molecule has 0 saturated carbocycles. The Hall–Kier alpha value is -3.95. The Balaban J connectivity index is 1.55. The third-order valence-electron chi connectivity index (χ3n) is 7.64. The summed E-state index contributed by atoms with van der Waals surface area (Å²) in [5, 5.41) is 9.46. The molecule has 37 heavy (non-hydrogen) atoms. The van der Waals surface area contributed by atoms with Gasteiger partial charge in [-0.05, 0) is 51.0 Å². The van der Waals surface area contributed by atoms with Gasteiger partial charge in [0.2, 0.25) is 0 Å². The number of nitrogens with zero attached hydrogens (tertiary/aromatic N) is 5. The molecular formula is C31H33N5O. The lowest BCUT2D eigenvalue weighted by molar-refractivity contribution is 0.130. The van der Waals surface area contributed by atoms with Gasteiger partial charge in [-0.1, -0.05) is 59.7 Å². The minimum Gasteiger partial charge on any atom is -0.364 e. The lowest BCUT2D eigenvalue weighted by Crippen LogP contribution is -2.57. The van der Waals surface area contributed by atoms with Gasteiger partial charge in [0.05, 0.1) is 17.2 Å². The fourth-order valence-electron chi connectivity index (χ4n) is 5.51. The molecular weight excluding hydrogens is 458 g/mol. The number of hydrogen-bond acceptors (Lipinski definition) is 5. The highest BCUT2D eigenvalue weighted by molar-refractivity contribution is 5.89. The van der Waals surface area contributed by atoms with Gasteiger partial charge in [0.25, 0.3) is 5.56 Å². The van der Waals surface area contributed by atoms with Crippen LogP contribution in [-0.2, 0) is 7.05 Å². The second-order valence-corrected chi connectivity index (χ2v) is 10.4. The average Bonchev–Trinajstić information content (AvgIpc) is 2.90. The summed E-state index contributed by atoms with van der Waals surface area (Å²) in [5.41, 5.74) is 7.57. The molecule has 0 unspecified atom stereocenters. The smallest absolute Gasteiger partial charge is 0.252 e. The number of benzene rings is 2. The first-order valence-electron chi connectivity index (χ1n) is 12.8. The summed E-state index contributed by atoms with van der Waals surface area (Å²) in [6, 6.07) is 25.5. The summed E-state index contributed by atoms with van der Waals surface area (Å²) < 4.78 is 1.60. The van der Waals surface area contributed by atoms with Crippen LogP contribution in [0.4, 0.5) is 5.69 Å². The Kier molecular flexibility index (Phi) is 6.57. The van der Waals surface area contributed by atoms with Crippen molar-refractivity contribution in [1.82, 2.24) is 14.5 Å². The maximum Gasteiger partial charge on any atom is 0.252 e. The van der Waals surface area contributed by atoms with Crippen LogP contribution in [0.15, 0.2) is 71.5 Å². The Morgan fingerprint density at radius 3 is 2.05 bits per heavy atom. The molecule has 2 atom stereocenters. The summed E-state index contributed by atoms with van der Waals surface area (Å²) in [7, 11) is 1.75. The second-order valence-electron chi connectivity index (χ2n) is 10.4. The van der Waals surface area contributed by atoms with Crippen LogP contribution in [0.3, 0.4) is 0 Å². The molecule has 0 N–H and O–H groups in total. The van der Waals surface area contributed by atoms with Crippen LogP contribution in [0.25, 0.3) is 11.0 Å². The molecule has 6 heteroatoms. The molecule has 188 valence electrons. The largest absolute Gasteiger partial charge is 0.364 e. The number of rotatable bonds is 4. The van der Waals surface area contributed by atoms with E-state index in [1.54, 1.807) is 23.7 Å². The van der Waals surface area contributed by atoms with E-state index in [0.29, 0.717) is 11.2 Å². The van der Waals surface area contributed by atoms with Crippen LogP contribution < -0.4 is 10.5 Å².